The van der Waals surface area contributed by atoms with Crippen molar-refractivity contribution >= 4 is 27.6 Å². The highest BCUT2D eigenvalue weighted by molar-refractivity contribution is 6.08. The SMILES string of the molecule is Cc1cc2c(cc1OCCCN1CCCC1)nc(NC(C)C)c1cccnc12. The van der Waals surface area contributed by atoms with Crippen LogP contribution in [0.5, 0.6) is 5.75 Å². The molecule has 0 bridgehead atoms. The summed E-state index contributed by atoms with van der Waals surface area (Å²) in [6, 6.07) is 8.58. The third-order valence-corrected chi connectivity index (χ3v) is 5.34. The topological polar surface area (TPSA) is 50.3 Å². The summed E-state index contributed by atoms with van der Waals surface area (Å²) < 4.78 is 6.13. The molecule has 0 aliphatic carbocycles. The Morgan fingerprint density at radius 2 is 2.00 bits per heavy atom. The van der Waals surface area contributed by atoms with Gasteiger partial charge in [-0.1, -0.05) is 0 Å². The molecule has 1 aliphatic rings. The maximum atomic E-state index is 6.13. The second kappa shape index (κ2) is 8.31. The predicted molar refractivity (Wildman–Crippen MR) is 116 cm³/mol. The van der Waals surface area contributed by atoms with Gasteiger partial charge < -0.3 is 15.0 Å². The number of likely N-dealkylation sites (tertiary alicyclic amines) is 1. The number of benzene rings is 1. The Kier molecular flexibility index (Phi) is 5.62. The first-order chi connectivity index (χ1) is 13.6. The van der Waals surface area contributed by atoms with Gasteiger partial charge in [0.2, 0.25) is 0 Å². The summed E-state index contributed by atoms with van der Waals surface area (Å²) in [6.07, 6.45) is 5.58. The molecule has 2 aromatic heterocycles. The minimum atomic E-state index is 0.306. The van der Waals surface area contributed by atoms with Crippen LogP contribution in [0.4, 0.5) is 5.82 Å². The zero-order chi connectivity index (χ0) is 19.5. The van der Waals surface area contributed by atoms with E-state index in [1.807, 2.05) is 12.3 Å². The van der Waals surface area contributed by atoms with E-state index >= 15 is 0 Å². The van der Waals surface area contributed by atoms with Crippen LogP contribution in [0.25, 0.3) is 21.8 Å². The van der Waals surface area contributed by atoms with Crippen LogP contribution >= 0.6 is 0 Å². The normalized spacial score (nSPS) is 15.0. The van der Waals surface area contributed by atoms with E-state index in [0.29, 0.717) is 6.04 Å². The number of nitrogens with zero attached hydrogens (tertiary/aromatic N) is 3. The number of hydrogen-bond acceptors (Lipinski definition) is 5. The molecule has 28 heavy (non-hydrogen) atoms. The average molecular weight is 379 g/mol. The number of fused-ring (bicyclic) bond motifs is 3. The van der Waals surface area contributed by atoms with Crippen molar-refractivity contribution < 1.29 is 4.74 Å². The molecule has 4 rings (SSSR count). The van der Waals surface area contributed by atoms with E-state index in [1.165, 1.54) is 25.9 Å². The molecule has 0 amide bonds. The number of nitrogens with one attached hydrogen (secondary N) is 1. The van der Waals surface area contributed by atoms with E-state index in [4.69, 9.17) is 9.72 Å². The number of ether oxygens (including phenoxy) is 1. The summed E-state index contributed by atoms with van der Waals surface area (Å²) in [5, 5.41) is 5.59. The number of aromatic nitrogens is 2. The van der Waals surface area contributed by atoms with Crippen molar-refractivity contribution in [1.29, 1.82) is 0 Å². The first-order valence-corrected chi connectivity index (χ1v) is 10.4. The fraction of sp³-hybridized carbons (Fsp3) is 0.478. The van der Waals surface area contributed by atoms with Crippen molar-refractivity contribution in [1.82, 2.24) is 14.9 Å². The van der Waals surface area contributed by atoms with Crippen LogP contribution in [0, 0.1) is 6.92 Å². The first-order valence-electron chi connectivity index (χ1n) is 10.4. The van der Waals surface area contributed by atoms with E-state index in [1.54, 1.807) is 0 Å². The standard InChI is InChI=1S/C23H30N4O/c1-16(2)25-23-18-8-6-9-24-22(18)19-14-17(3)21(15-20(19)26-23)28-13-7-12-27-10-4-5-11-27/h6,8-9,14-16H,4-5,7,10-13H2,1-3H3,(H,25,26). The number of hydrogen-bond donors (Lipinski definition) is 1. The molecule has 1 saturated heterocycles. The molecule has 0 spiro atoms. The Morgan fingerprint density at radius 3 is 2.79 bits per heavy atom. The Morgan fingerprint density at radius 1 is 1.18 bits per heavy atom. The Balaban J connectivity index is 1.60. The molecule has 1 aliphatic heterocycles. The highest BCUT2D eigenvalue weighted by Crippen LogP contribution is 2.32. The van der Waals surface area contributed by atoms with Crippen LogP contribution in [-0.2, 0) is 0 Å². The van der Waals surface area contributed by atoms with Crippen LogP contribution in [0.3, 0.4) is 0 Å². The van der Waals surface area contributed by atoms with Crippen LogP contribution in [0.2, 0.25) is 0 Å². The quantitative estimate of drug-likeness (QED) is 0.474. The largest absolute Gasteiger partial charge is 0.493 e. The summed E-state index contributed by atoms with van der Waals surface area (Å²) in [5.74, 6) is 1.81. The van der Waals surface area contributed by atoms with Crippen LogP contribution in [-0.4, -0.2) is 47.2 Å². The predicted octanol–water partition coefficient (Wildman–Crippen LogP) is 4.78. The lowest BCUT2D eigenvalue weighted by Crippen LogP contribution is -2.22. The molecular formula is C23H30N4O. The number of anilines is 1. The van der Waals surface area contributed by atoms with Gasteiger partial charge >= 0.3 is 0 Å². The molecule has 0 unspecified atom stereocenters. The Hall–Kier alpha value is -2.40. The van der Waals surface area contributed by atoms with Crippen molar-refractivity contribution in [3.8, 4) is 5.75 Å². The van der Waals surface area contributed by atoms with Gasteiger partial charge in [-0.05, 0) is 76.9 Å². The second-order valence-corrected chi connectivity index (χ2v) is 8.04. The van der Waals surface area contributed by atoms with Crippen molar-refractivity contribution in [2.45, 2.75) is 46.1 Å². The minimum absolute atomic E-state index is 0.306. The summed E-state index contributed by atoms with van der Waals surface area (Å²) in [4.78, 5) is 12.1. The van der Waals surface area contributed by atoms with Crippen molar-refractivity contribution in [2.75, 3.05) is 31.6 Å². The molecule has 1 aromatic carbocycles. The molecule has 0 radical (unpaired) electrons. The third-order valence-electron chi connectivity index (χ3n) is 5.34. The van der Waals surface area contributed by atoms with Crippen molar-refractivity contribution in [3.63, 3.8) is 0 Å². The summed E-state index contributed by atoms with van der Waals surface area (Å²) in [6.45, 7) is 10.7. The molecule has 3 aromatic rings. The number of rotatable bonds is 7. The van der Waals surface area contributed by atoms with Crippen molar-refractivity contribution in [2.24, 2.45) is 0 Å². The van der Waals surface area contributed by atoms with Crippen LogP contribution in [0.1, 0.15) is 38.7 Å². The van der Waals surface area contributed by atoms with Gasteiger partial charge in [0.15, 0.2) is 0 Å². The minimum Gasteiger partial charge on any atom is -0.493 e. The lowest BCUT2D eigenvalue weighted by Gasteiger charge is -2.16. The lowest BCUT2D eigenvalue weighted by molar-refractivity contribution is 0.262. The van der Waals surface area contributed by atoms with E-state index in [-0.39, 0.29) is 0 Å². The Bertz CT molecular complexity index is 964. The molecule has 1 N–H and O–H groups in total. The van der Waals surface area contributed by atoms with Crippen LogP contribution in [0.15, 0.2) is 30.5 Å². The lowest BCUT2D eigenvalue weighted by atomic mass is 10.1. The first kappa shape index (κ1) is 18.9. The van der Waals surface area contributed by atoms with Gasteiger partial charge in [-0.15, -0.1) is 0 Å². The van der Waals surface area contributed by atoms with Gasteiger partial charge in [0, 0.05) is 35.6 Å². The highest BCUT2D eigenvalue weighted by atomic mass is 16.5. The van der Waals surface area contributed by atoms with Crippen LogP contribution < -0.4 is 10.1 Å². The fourth-order valence-electron chi connectivity index (χ4n) is 3.97. The highest BCUT2D eigenvalue weighted by Gasteiger charge is 2.14. The van der Waals surface area contributed by atoms with Gasteiger partial charge in [-0.25, -0.2) is 4.98 Å². The van der Waals surface area contributed by atoms with E-state index in [2.05, 4.69) is 54.2 Å². The summed E-state index contributed by atoms with van der Waals surface area (Å²) >= 11 is 0. The maximum absolute atomic E-state index is 6.13. The van der Waals surface area contributed by atoms with Gasteiger partial charge in [0.05, 0.1) is 17.6 Å². The molecule has 5 heteroatoms. The molecule has 148 valence electrons. The molecule has 5 nitrogen and oxygen atoms in total. The zero-order valence-electron chi connectivity index (χ0n) is 17.2. The van der Waals surface area contributed by atoms with Gasteiger partial charge in [-0.2, -0.15) is 0 Å². The van der Waals surface area contributed by atoms with E-state index < -0.39 is 0 Å². The molecule has 0 saturated carbocycles. The fourth-order valence-corrected chi connectivity index (χ4v) is 3.97. The molecule has 1 fully saturated rings. The van der Waals surface area contributed by atoms with Gasteiger partial charge in [0.1, 0.15) is 11.6 Å². The summed E-state index contributed by atoms with van der Waals surface area (Å²) in [7, 11) is 0. The maximum Gasteiger partial charge on any atom is 0.136 e. The second-order valence-electron chi connectivity index (χ2n) is 8.04. The third kappa shape index (κ3) is 4.04. The molecule has 0 atom stereocenters. The van der Waals surface area contributed by atoms with Crippen molar-refractivity contribution in [3.05, 3.63) is 36.0 Å². The monoisotopic (exact) mass is 378 g/mol. The average Bonchev–Trinajstić information content (AvgIpc) is 3.19. The number of aryl methyl sites for hydroxylation is 1. The van der Waals surface area contributed by atoms with E-state index in [0.717, 1.165) is 58.5 Å². The zero-order valence-corrected chi connectivity index (χ0v) is 17.2. The number of pyridine rings is 2. The van der Waals surface area contributed by atoms with Gasteiger partial charge in [-0.3, -0.25) is 4.98 Å². The molecular weight excluding hydrogens is 348 g/mol. The smallest absolute Gasteiger partial charge is 0.136 e. The molecule has 3 heterocycles. The van der Waals surface area contributed by atoms with Gasteiger partial charge in [0.25, 0.3) is 0 Å². The van der Waals surface area contributed by atoms with E-state index in [9.17, 15) is 0 Å². The summed E-state index contributed by atoms with van der Waals surface area (Å²) in [5.41, 5.74) is 3.04. The Labute approximate surface area is 167 Å².